The Kier molecular flexibility index (Phi) is 6.42. The zero-order valence-corrected chi connectivity index (χ0v) is 17.7. The SMILES string of the molecule is C=CCN1N=C(NC(=O)c2ccc(Br)cc2)SC(C)=C1c1ccc(Cl)cc1. The molecule has 1 aliphatic heterocycles. The summed E-state index contributed by atoms with van der Waals surface area (Å²) >= 11 is 10.8. The number of halogens is 2. The lowest BCUT2D eigenvalue weighted by atomic mass is 10.1. The van der Waals surface area contributed by atoms with Crippen molar-refractivity contribution in [2.45, 2.75) is 6.92 Å². The van der Waals surface area contributed by atoms with E-state index in [2.05, 4.69) is 32.9 Å². The van der Waals surface area contributed by atoms with Crippen molar-refractivity contribution < 1.29 is 4.79 Å². The summed E-state index contributed by atoms with van der Waals surface area (Å²) in [6.45, 7) is 6.34. The molecule has 0 radical (unpaired) electrons. The summed E-state index contributed by atoms with van der Waals surface area (Å²) < 4.78 is 0.923. The van der Waals surface area contributed by atoms with Crippen molar-refractivity contribution in [1.82, 2.24) is 10.3 Å². The van der Waals surface area contributed by atoms with Crippen molar-refractivity contribution in [3.63, 3.8) is 0 Å². The molecule has 1 heterocycles. The van der Waals surface area contributed by atoms with Crippen LogP contribution in [-0.4, -0.2) is 22.6 Å². The molecule has 1 amide bonds. The second-order valence-electron chi connectivity index (χ2n) is 5.75. The Labute approximate surface area is 176 Å². The number of carbonyl (C=O) groups is 1. The Morgan fingerprint density at radius 3 is 2.56 bits per heavy atom. The van der Waals surface area contributed by atoms with Gasteiger partial charge in [-0.15, -0.1) is 11.7 Å². The highest BCUT2D eigenvalue weighted by Crippen LogP contribution is 2.35. The lowest BCUT2D eigenvalue weighted by molar-refractivity contribution is 0.0977. The average molecular weight is 463 g/mol. The first-order chi connectivity index (χ1) is 13.0. The number of amidine groups is 1. The highest BCUT2D eigenvalue weighted by atomic mass is 79.9. The van der Waals surface area contributed by atoms with Crippen LogP contribution in [0.2, 0.25) is 5.02 Å². The van der Waals surface area contributed by atoms with E-state index in [4.69, 9.17) is 11.6 Å². The van der Waals surface area contributed by atoms with Gasteiger partial charge in [0, 0.05) is 25.5 Å². The number of carbonyl (C=O) groups excluding carboxylic acids is 1. The maximum atomic E-state index is 12.5. The van der Waals surface area contributed by atoms with Gasteiger partial charge in [0.2, 0.25) is 0 Å². The van der Waals surface area contributed by atoms with Crippen LogP contribution in [0.5, 0.6) is 0 Å². The molecule has 0 saturated carbocycles. The standard InChI is InChI=1S/C20H17BrClN3OS/c1-3-12-25-18(14-6-10-17(22)11-7-14)13(2)27-20(24-25)23-19(26)15-4-8-16(21)9-5-15/h3-11H,1,12H2,2H3,(H,23,24,26). The van der Waals surface area contributed by atoms with Crippen molar-refractivity contribution in [3.8, 4) is 0 Å². The number of nitrogens with one attached hydrogen (secondary N) is 1. The lowest BCUT2D eigenvalue weighted by Crippen LogP contribution is -2.33. The van der Waals surface area contributed by atoms with E-state index in [0.717, 1.165) is 20.6 Å². The van der Waals surface area contributed by atoms with Gasteiger partial charge in [-0.1, -0.05) is 57.5 Å². The molecule has 0 aromatic heterocycles. The summed E-state index contributed by atoms with van der Waals surface area (Å²) in [5.74, 6) is -0.199. The second-order valence-corrected chi connectivity index (χ2v) is 8.31. The molecule has 4 nitrogen and oxygen atoms in total. The number of allylic oxidation sites excluding steroid dienone is 1. The molecular formula is C20H17BrClN3OS. The van der Waals surface area contributed by atoms with Gasteiger partial charge in [0.05, 0.1) is 12.2 Å². The van der Waals surface area contributed by atoms with E-state index in [0.29, 0.717) is 22.3 Å². The molecule has 1 N–H and O–H groups in total. The Balaban J connectivity index is 1.84. The molecule has 7 heteroatoms. The van der Waals surface area contributed by atoms with Crippen molar-refractivity contribution in [1.29, 1.82) is 0 Å². The highest BCUT2D eigenvalue weighted by molar-refractivity contribution is 9.10. The third kappa shape index (κ3) is 4.83. The van der Waals surface area contributed by atoms with E-state index in [1.807, 2.05) is 48.3 Å². The topological polar surface area (TPSA) is 44.7 Å². The molecule has 0 fully saturated rings. The Morgan fingerprint density at radius 2 is 1.93 bits per heavy atom. The molecule has 1 aliphatic rings. The van der Waals surface area contributed by atoms with Crippen molar-refractivity contribution in [3.05, 3.63) is 86.7 Å². The summed E-state index contributed by atoms with van der Waals surface area (Å²) in [5, 5.41) is 10.5. The van der Waals surface area contributed by atoms with Crippen LogP contribution in [0.25, 0.3) is 5.70 Å². The third-order valence-corrected chi connectivity index (χ3v) is 5.46. The number of hydrazone groups is 1. The minimum atomic E-state index is -0.199. The van der Waals surface area contributed by atoms with Crippen LogP contribution in [-0.2, 0) is 0 Å². The average Bonchev–Trinajstić information content (AvgIpc) is 2.63. The fourth-order valence-electron chi connectivity index (χ4n) is 2.59. The van der Waals surface area contributed by atoms with E-state index in [1.54, 1.807) is 18.2 Å². The predicted octanol–water partition coefficient (Wildman–Crippen LogP) is 5.73. The fraction of sp³-hybridized carbons (Fsp3) is 0.100. The van der Waals surface area contributed by atoms with Crippen LogP contribution in [0, 0.1) is 0 Å². The van der Waals surface area contributed by atoms with Gasteiger partial charge in [-0.2, -0.15) is 0 Å². The molecule has 3 rings (SSSR count). The molecule has 27 heavy (non-hydrogen) atoms. The largest absolute Gasteiger partial charge is 0.299 e. The minimum Gasteiger partial charge on any atom is -0.299 e. The van der Waals surface area contributed by atoms with Gasteiger partial charge in [-0.05, 0) is 43.3 Å². The van der Waals surface area contributed by atoms with Gasteiger partial charge in [-0.3, -0.25) is 15.1 Å². The maximum Gasteiger partial charge on any atom is 0.257 e. The smallest absolute Gasteiger partial charge is 0.257 e. The Bertz CT molecular complexity index is 923. The molecule has 0 atom stereocenters. The summed E-state index contributed by atoms with van der Waals surface area (Å²) in [5.41, 5.74) is 2.55. The number of benzene rings is 2. The van der Waals surface area contributed by atoms with E-state index in [1.165, 1.54) is 11.8 Å². The van der Waals surface area contributed by atoms with E-state index < -0.39 is 0 Å². The van der Waals surface area contributed by atoms with E-state index in [-0.39, 0.29) is 5.91 Å². The summed E-state index contributed by atoms with van der Waals surface area (Å²) in [6.07, 6.45) is 1.77. The van der Waals surface area contributed by atoms with Gasteiger partial charge in [-0.25, -0.2) is 0 Å². The number of hydrogen-bond donors (Lipinski definition) is 1. The molecule has 0 bridgehead atoms. The second kappa shape index (κ2) is 8.78. The molecule has 2 aromatic rings. The first-order valence-corrected chi connectivity index (χ1v) is 10.2. The monoisotopic (exact) mass is 461 g/mol. The normalized spacial score (nSPS) is 14.0. The molecule has 2 aromatic carbocycles. The quantitative estimate of drug-likeness (QED) is 0.590. The van der Waals surface area contributed by atoms with Gasteiger partial charge in [0.25, 0.3) is 5.91 Å². The van der Waals surface area contributed by atoms with Gasteiger partial charge in [0.15, 0.2) is 5.17 Å². The zero-order valence-electron chi connectivity index (χ0n) is 14.6. The van der Waals surface area contributed by atoms with Crippen LogP contribution in [0.3, 0.4) is 0 Å². The number of rotatable bonds is 4. The van der Waals surface area contributed by atoms with E-state index in [9.17, 15) is 4.79 Å². The van der Waals surface area contributed by atoms with Crippen LogP contribution in [0.1, 0.15) is 22.8 Å². The van der Waals surface area contributed by atoms with Gasteiger partial charge in [0.1, 0.15) is 0 Å². The number of amides is 1. The first kappa shape index (κ1) is 19.7. The van der Waals surface area contributed by atoms with Crippen molar-refractivity contribution >= 4 is 56.1 Å². The Hall–Kier alpha value is -2.02. The summed E-state index contributed by atoms with van der Waals surface area (Å²) in [4.78, 5) is 13.5. The highest BCUT2D eigenvalue weighted by Gasteiger charge is 2.23. The van der Waals surface area contributed by atoms with Crippen LogP contribution >= 0.6 is 39.3 Å². The fourth-order valence-corrected chi connectivity index (χ4v) is 3.87. The third-order valence-electron chi connectivity index (χ3n) is 3.80. The van der Waals surface area contributed by atoms with Crippen LogP contribution < -0.4 is 5.32 Å². The summed E-state index contributed by atoms with van der Waals surface area (Å²) in [7, 11) is 0. The lowest BCUT2D eigenvalue weighted by Gasteiger charge is -2.28. The zero-order chi connectivity index (χ0) is 19.4. The van der Waals surface area contributed by atoms with Crippen molar-refractivity contribution in [2.75, 3.05) is 6.54 Å². The molecule has 0 aliphatic carbocycles. The summed E-state index contributed by atoms with van der Waals surface area (Å²) in [6, 6.07) is 14.8. The van der Waals surface area contributed by atoms with Crippen molar-refractivity contribution in [2.24, 2.45) is 5.10 Å². The molecule has 0 unspecified atom stereocenters. The Morgan fingerprint density at radius 1 is 1.26 bits per heavy atom. The number of nitrogens with zero attached hydrogens (tertiary/aromatic N) is 2. The van der Waals surface area contributed by atoms with Gasteiger partial charge >= 0.3 is 0 Å². The molecule has 0 saturated heterocycles. The molecule has 0 spiro atoms. The van der Waals surface area contributed by atoms with Gasteiger partial charge < -0.3 is 0 Å². The van der Waals surface area contributed by atoms with Crippen LogP contribution in [0.15, 0.2) is 75.7 Å². The molecular weight excluding hydrogens is 446 g/mol. The molecule has 138 valence electrons. The number of hydrogen-bond acceptors (Lipinski definition) is 4. The van der Waals surface area contributed by atoms with E-state index >= 15 is 0 Å². The predicted molar refractivity (Wildman–Crippen MR) is 118 cm³/mol. The van der Waals surface area contributed by atoms with Crippen LogP contribution in [0.4, 0.5) is 0 Å². The first-order valence-electron chi connectivity index (χ1n) is 8.16. The number of thioether (sulfide) groups is 1. The maximum absolute atomic E-state index is 12.5. The minimum absolute atomic E-state index is 0.199.